The number of likely N-dealkylation sites (N-methyl/N-ethyl adjacent to an activating group) is 1. The molecule has 0 aliphatic heterocycles. The highest BCUT2D eigenvalue weighted by molar-refractivity contribution is 4.93. The normalized spacial score (nSPS) is 28.8. The monoisotopic (exact) mass is 251 g/mol. The minimum absolute atomic E-state index is 0.182. The summed E-state index contributed by atoms with van der Waals surface area (Å²) in [5.41, 5.74) is 0. The number of hydrogen-bond donors (Lipinski definition) is 1. The molecular weight excluding hydrogens is 226 g/mol. The van der Waals surface area contributed by atoms with Crippen molar-refractivity contribution in [2.75, 3.05) is 7.05 Å². The minimum atomic E-state index is -0.182. The molecule has 1 N–H and O–H groups in total. The summed E-state index contributed by atoms with van der Waals surface area (Å²) in [6.45, 7) is 3.06. The zero-order valence-corrected chi connectivity index (χ0v) is 11.7. The SMILES string of the molecule is CCC1CCC(O)C(N(C)Cc2nccn2C)C1. The van der Waals surface area contributed by atoms with Gasteiger partial charge in [-0.3, -0.25) is 4.90 Å². The highest BCUT2D eigenvalue weighted by Crippen LogP contribution is 2.30. The van der Waals surface area contributed by atoms with Crippen LogP contribution in [0.1, 0.15) is 38.4 Å². The highest BCUT2D eigenvalue weighted by Gasteiger charge is 2.31. The van der Waals surface area contributed by atoms with Gasteiger partial charge in [-0.1, -0.05) is 13.3 Å². The molecule has 2 rings (SSSR count). The summed E-state index contributed by atoms with van der Waals surface area (Å²) in [6.07, 6.45) is 8.05. The molecule has 1 aromatic rings. The van der Waals surface area contributed by atoms with Crippen LogP contribution in [-0.2, 0) is 13.6 Å². The van der Waals surface area contributed by atoms with E-state index in [2.05, 4.69) is 23.9 Å². The number of aliphatic hydroxyl groups excluding tert-OH is 1. The Hall–Kier alpha value is -0.870. The van der Waals surface area contributed by atoms with Crippen LogP contribution in [0.2, 0.25) is 0 Å². The van der Waals surface area contributed by atoms with Crippen molar-refractivity contribution in [3.63, 3.8) is 0 Å². The molecule has 3 unspecified atom stereocenters. The first kappa shape index (κ1) is 13.6. The quantitative estimate of drug-likeness (QED) is 0.887. The van der Waals surface area contributed by atoms with E-state index in [0.717, 1.165) is 31.1 Å². The molecule has 0 amide bonds. The number of hydrogen-bond acceptors (Lipinski definition) is 3. The Balaban J connectivity index is 1.98. The van der Waals surface area contributed by atoms with Crippen LogP contribution in [0.5, 0.6) is 0 Å². The average Bonchev–Trinajstić information content (AvgIpc) is 2.75. The Bertz CT molecular complexity index is 377. The van der Waals surface area contributed by atoms with Crippen molar-refractivity contribution in [2.45, 2.75) is 51.3 Å². The van der Waals surface area contributed by atoms with Crippen LogP contribution < -0.4 is 0 Å². The van der Waals surface area contributed by atoms with Gasteiger partial charge >= 0.3 is 0 Å². The van der Waals surface area contributed by atoms with Crippen LogP contribution in [-0.4, -0.2) is 38.8 Å². The van der Waals surface area contributed by atoms with Crippen molar-refractivity contribution in [3.8, 4) is 0 Å². The molecule has 1 aliphatic carbocycles. The van der Waals surface area contributed by atoms with E-state index in [1.807, 2.05) is 24.0 Å². The van der Waals surface area contributed by atoms with Crippen molar-refractivity contribution in [1.29, 1.82) is 0 Å². The first-order valence-electron chi connectivity index (χ1n) is 6.96. The largest absolute Gasteiger partial charge is 0.391 e. The molecule has 18 heavy (non-hydrogen) atoms. The average molecular weight is 251 g/mol. The van der Waals surface area contributed by atoms with Crippen LogP contribution in [0.25, 0.3) is 0 Å². The van der Waals surface area contributed by atoms with Gasteiger partial charge in [-0.05, 0) is 32.2 Å². The van der Waals surface area contributed by atoms with Gasteiger partial charge in [-0.2, -0.15) is 0 Å². The topological polar surface area (TPSA) is 41.3 Å². The highest BCUT2D eigenvalue weighted by atomic mass is 16.3. The second-order valence-corrected chi connectivity index (χ2v) is 5.59. The first-order valence-corrected chi connectivity index (χ1v) is 6.96. The fraction of sp³-hybridized carbons (Fsp3) is 0.786. The molecule has 4 heteroatoms. The maximum absolute atomic E-state index is 10.2. The molecule has 1 saturated carbocycles. The number of imidazole rings is 1. The van der Waals surface area contributed by atoms with Gasteiger partial charge in [0.25, 0.3) is 0 Å². The van der Waals surface area contributed by atoms with E-state index in [9.17, 15) is 5.11 Å². The van der Waals surface area contributed by atoms with Crippen LogP contribution >= 0.6 is 0 Å². The maximum atomic E-state index is 10.2. The van der Waals surface area contributed by atoms with Crippen LogP contribution in [0.15, 0.2) is 12.4 Å². The molecule has 1 heterocycles. The molecule has 0 bridgehead atoms. The van der Waals surface area contributed by atoms with Gasteiger partial charge in [0.05, 0.1) is 12.6 Å². The van der Waals surface area contributed by atoms with Gasteiger partial charge in [0, 0.05) is 25.5 Å². The summed E-state index contributed by atoms with van der Waals surface area (Å²) < 4.78 is 2.04. The molecule has 1 aliphatic rings. The third-order valence-electron chi connectivity index (χ3n) is 4.34. The molecule has 102 valence electrons. The summed E-state index contributed by atoms with van der Waals surface area (Å²) in [6, 6.07) is 0.278. The Morgan fingerprint density at radius 2 is 2.28 bits per heavy atom. The molecular formula is C14H25N3O. The van der Waals surface area contributed by atoms with Gasteiger partial charge < -0.3 is 9.67 Å². The number of aryl methyl sites for hydroxylation is 1. The molecule has 4 nitrogen and oxygen atoms in total. The van der Waals surface area contributed by atoms with E-state index < -0.39 is 0 Å². The zero-order valence-electron chi connectivity index (χ0n) is 11.7. The summed E-state index contributed by atoms with van der Waals surface area (Å²) >= 11 is 0. The van der Waals surface area contributed by atoms with Crippen molar-refractivity contribution in [1.82, 2.24) is 14.5 Å². The van der Waals surface area contributed by atoms with Crippen molar-refractivity contribution in [2.24, 2.45) is 13.0 Å². The van der Waals surface area contributed by atoms with Gasteiger partial charge in [-0.25, -0.2) is 4.98 Å². The summed E-state index contributed by atoms with van der Waals surface area (Å²) in [5.74, 6) is 1.82. The first-order chi connectivity index (χ1) is 8.61. The molecule has 1 fully saturated rings. The Labute approximate surface area is 110 Å². The Kier molecular flexibility index (Phi) is 4.40. The number of rotatable bonds is 4. The van der Waals surface area contributed by atoms with Crippen molar-refractivity contribution >= 4 is 0 Å². The smallest absolute Gasteiger partial charge is 0.122 e. The molecule has 3 atom stereocenters. The third-order valence-corrected chi connectivity index (χ3v) is 4.34. The second-order valence-electron chi connectivity index (χ2n) is 5.59. The summed E-state index contributed by atoms with van der Waals surface area (Å²) in [4.78, 5) is 6.61. The van der Waals surface area contributed by atoms with Crippen LogP contribution in [0.3, 0.4) is 0 Å². The third kappa shape index (κ3) is 2.93. The van der Waals surface area contributed by atoms with E-state index >= 15 is 0 Å². The molecule has 0 aromatic carbocycles. The van der Waals surface area contributed by atoms with Crippen LogP contribution in [0, 0.1) is 5.92 Å². The molecule has 0 spiro atoms. The van der Waals surface area contributed by atoms with Crippen molar-refractivity contribution < 1.29 is 5.11 Å². The lowest BCUT2D eigenvalue weighted by molar-refractivity contribution is 0.00928. The molecule has 0 saturated heterocycles. The number of aliphatic hydroxyl groups is 1. The van der Waals surface area contributed by atoms with E-state index in [0.29, 0.717) is 0 Å². The predicted molar refractivity (Wildman–Crippen MR) is 72.1 cm³/mol. The van der Waals surface area contributed by atoms with Gasteiger partial charge in [0.15, 0.2) is 0 Å². The predicted octanol–water partition coefficient (Wildman–Crippen LogP) is 1.79. The van der Waals surface area contributed by atoms with Gasteiger partial charge in [0.2, 0.25) is 0 Å². The number of nitrogens with zero attached hydrogens (tertiary/aromatic N) is 3. The fourth-order valence-electron chi connectivity index (χ4n) is 2.95. The van der Waals surface area contributed by atoms with E-state index in [1.165, 1.54) is 12.8 Å². The molecule has 0 radical (unpaired) electrons. The van der Waals surface area contributed by atoms with E-state index in [1.54, 1.807) is 0 Å². The number of aromatic nitrogens is 2. The summed E-state index contributed by atoms with van der Waals surface area (Å²) in [7, 11) is 4.11. The lowest BCUT2D eigenvalue weighted by Crippen LogP contribution is -2.45. The Morgan fingerprint density at radius 3 is 2.89 bits per heavy atom. The second kappa shape index (κ2) is 5.85. The lowest BCUT2D eigenvalue weighted by Gasteiger charge is -2.38. The van der Waals surface area contributed by atoms with Crippen LogP contribution in [0.4, 0.5) is 0 Å². The Morgan fingerprint density at radius 1 is 1.50 bits per heavy atom. The van der Waals surface area contributed by atoms with E-state index in [-0.39, 0.29) is 12.1 Å². The van der Waals surface area contributed by atoms with Gasteiger partial charge in [0.1, 0.15) is 5.82 Å². The molecule has 1 aromatic heterocycles. The standard InChI is InChI=1S/C14H25N3O/c1-4-11-5-6-13(18)12(9-11)17(3)10-14-15-7-8-16(14)2/h7-8,11-13,18H,4-6,9-10H2,1-3H3. The zero-order chi connectivity index (χ0) is 13.1. The van der Waals surface area contributed by atoms with Gasteiger partial charge in [-0.15, -0.1) is 0 Å². The summed E-state index contributed by atoms with van der Waals surface area (Å²) in [5, 5.41) is 10.2. The maximum Gasteiger partial charge on any atom is 0.122 e. The van der Waals surface area contributed by atoms with Crippen molar-refractivity contribution in [3.05, 3.63) is 18.2 Å². The fourth-order valence-corrected chi connectivity index (χ4v) is 2.95. The minimum Gasteiger partial charge on any atom is -0.391 e. The lowest BCUT2D eigenvalue weighted by atomic mass is 9.82. The van der Waals surface area contributed by atoms with E-state index in [4.69, 9.17) is 0 Å².